The Kier molecular flexibility index (Phi) is 5.35. The van der Waals surface area contributed by atoms with Crippen LogP contribution in [-0.2, 0) is 4.79 Å². The van der Waals surface area contributed by atoms with Crippen molar-refractivity contribution in [3.63, 3.8) is 0 Å². The smallest absolute Gasteiger partial charge is 0.257 e. The highest BCUT2D eigenvalue weighted by molar-refractivity contribution is 5.77. The van der Waals surface area contributed by atoms with Gasteiger partial charge < -0.3 is 15.2 Å². The normalized spacial score (nSPS) is 22.3. The lowest BCUT2D eigenvalue weighted by Gasteiger charge is -2.25. The maximum absolute atomic E-state index is 12.7. The SMILES string of the molecule is O=C(COc1ccc(F)cc1)NCC1CCC(O)CC1. The predicted molar refractivity (Wildman–Crippen MR) is 72.9 cm³/mol. The van der Waals surface area contributed by atoms with Gasteiger partial charge in [0.05, 0.1) is 6.10 Å². The van der Waals surface area contributed by atoms with Crippen molar-refractivity contribution in [2.45, 2.75) is 31.8 Å². The van der Waals surface area contributed by atoms with Crippen molar-refractivity contribution in [2.24, 2.45) is 5.92 Å². The molecule has 0 aliphatic heterocycles. The Labute approximate surface area is 117 Å². The molecule has 0 atom stereocenters. The van der Waals surface area contributed by atoms with E-state index >= 15 is 0 Å². The minimum Gasteiger partial charge on any atom is -0.484 e. The zero-order valence-electron chi connectivity index (χ0n) is 11.3. The Morgan fingerprint density at radius 2 is 1.90 bits per heavy atom. The number of aliphatic hydroxyl groups is 1. The molecule has 1 aromatic carbocycles. The molecule has 1 fully saturated rings. The first kappa shape index (κ1) is 14.8. The van der Waals surface area contributed by atoms with Crippen molar-refractivity contribution in [3.05, 3.63) is 30.1 Å². The van der Waals surface area contributed by atoms with Crippen molar-refractivity contribution in [3.8, 4) is 5.75 Å². The lowest BCUT2D eigenvalue weighted by atomic mass is 9.87. The van der Waals surface area contributed by atoms with Gasteiger partial charge in [-0.25, -0.2) is 4.39 Å². The molecule has 2 N–H and O–H groups in total. The number of rotatable bonds is 5. The summed E-state index contributed by atoms with van der Waals surface area (Å²) < 4.78 is 17.9. The summed E-state index contributed by atoms with van der Waals surface area (Å²) >= 11 is 0. The van der Waals surface area contributed by atoms with Gasteiger partial charge in [0.1, 0.15) is 11.6 Å². The summed E-state index contributed by atoms with van der Waals surface area (Å²) in [4.78, 5) is 11.6. The monoisotopic (exact) mass is 281 g/mol. The average Bonchev–Trinajstić information content (AvgIpc) is 2.46. The molecule has 0 spiro atoms. The largest absolute Gasteiger partial charge is 0.484 e. The topological polar surface area (TPSA) is 58.6 Å². The van der Waals surface area contributed by atoms with Crippen molar-refractivity contribution in [1.29, 1.82) is 0 Å². The minimum absolute atomic E-state index is 0.0685. The molecule has 0 bridgehead atoms. The fourth-order valence-electron chi connectivity index (χ4n) is 2.34. The third kappa shape index (κ3) is 4.81. The lowest BCUT2D eigenvalue weighted by Crippen LogP contribution is -2.34. The van der Waals surface area contributed by atoms with Crippen molar-refractivity contribution < 1.29 is 19.0 Å². The summed E-state index contributed by atoms with van der Waals surface area (Å²) in [5.74, 6) is 0.400. The van der Waals surface area contributed by atoms with E-state index in [-0.39, 0.29) is 24.4 Å². The van der Waals surface area contributed by atoms with Gasteiger partial charge in [-0.1, -0.05) is 0 Å². The highest BCUT2D eigenvalue weighted by Gasteiger charge is 2.19. The molecule has 1 aliphatic rings. The third-order valence-electron chi connectivity index (χ3n) is 3.59. The van der Waals surface area contributed by atoms with Gasteiger partial charge in [0.25, 0.3) is 5.91 Å². The van der Waals surface area contributed by atoms with Gasteiger partial charge in [0.15, 0.2) is 6.61 Å². The van der Waals surface area contributed by atoms with Crippen LogP contribution >= 0.6 is 0 Å². The maximum Gasteiger partial charge on any atom is 0.257 e. The van der Waals surface area contributed by atoms with Crippen LogP contribution in [-0.4, -0.2) is 30.3 Å². The molecule has 110 valence electrons. The molecular formula is C15H20FNO3. The Morgan fingerprint density at radius 1 is 1.25 bits per heavy atom. The molecule has 0 radical (unpaired) electrons. The Hall–Kier alpha value is -1.62. The van der Waals surface area contributed by atoms with E-state index in [0.717, 1.165) is 25.7 Å². The molecule has 4 nitrogen and oxygen atoms in total. The molecule has 1 saturated carbocycles. The number of aliphatic hydroxyl groups excluding tert-OH is 1. The maximum atomic E-state index is 12.7. The Balaban J connectivity index is 1.64. The molecule has 5 heteroatoms. The second kappa shape index (κ2) is 7.24. The van der Waals surface area contributed by atoms with E-state index in [4.69, 9.17) is 4.74 Å². The second-order valence-corrected chi connectivity index (χ2v) is 5.22. The molecule has 2 rings (SSSR count). The van der Waals surface area contributed by atoms with Crippen LogP contribution in [0.25, 0.3) is 0 Å². The molecule has 1 aliphatic carbocycles. The summed E-state index contributed by atoms with van der Waals surface area (Å²) in [6.07, 6.45) is 3.34. The van der Waals surface area contributed by atoms with Crippen LogP contribution in [0.5, 0.6) is 5.75 Å². The van der Waals surface area contributed by atoms with Crippen LogP contribution in [0, 0.1) is 11.7 Å². The van der Waals surface area contributed by atoms with Crippen LogP contribution in [0.3, 0.4) is 0 Å². The average molecular weight is 281 g/mol. The van der Waals surface area contributed by atoms with E-state index in [1.165, 1.54) is 24.3 Å². The van der Waals surface area contributed by atoms with Gasteiger partial charge in [-0.15, -0.1) is 0 Å². The number of carbonyl (C=O) groups excluding carboxylic acids is 1. The van der Waals surface area contributed by atoms with Crippen LogP contribution in [0.4, 0.5) is 4.39 Å². The van der Waals surface area contributed by atoms with Crippen LogP contribution in [0.2, 0.25) is 0 Å². The van der Waals surface area contributed by atoms with Crippen molar-refractivity contribution >= 4 is 5.91 Å². The summed E-state index contributed by atoms with van der Waals surface area (Å²) in [6.45, 7) is 0.555. The van der Waals surface area contributed by atoms with E-state index in [1.807, 2.05) is 0 Å². The van der Waals surface area contributed by atoms with Gasteiger partial charge >= 0.3 is 0 Å². The van der Waals surface area contributed by atoms with E-state index < -0.39 is 0 Å². The number of ether oxygens (including phenoxy) is 1. The second-order valence-electron chi connectivity index (χ2n) is 5.22. The first-order valence-corrected chi connectivity index (χ1v) is 6.96. The first-order valence-electron chi connectivity index (χ1n) is 6.96. The number of nitrogens with one attached hydrogen (secondary N) is 1. The van der Waals surface area contributed by atoms with E-state index in [2.05, 4.69) is 5.32 Å². The third-order valence-corrected chi connectivity index (χ3v) is 3.59. The number of amides is 1. The Morgan fingerprint density at radius 3 is 2.55 bits per heavy atom. The fourth-order valence-corrected chi connectivity index (χ4v) is 2.34. The van der Waals surface area contributed by atoms with E-state index in [1.54, 1.807) is 0 Å². The van der Waals surface area contributed by atoms with Gasteiger partial charge in [-0.3, -0.25) is 4.79 Å². The number of benzene rings is 1. The molecule has 20 heavy (non-hydrogen) atoms. The van der Waals surface area contributed by atoms with Crippen LogP contribution in [0.1, 0.15) is 25.7 Å². The van der Waals surface area contributed by atoms with E-state index in [9.17, 15) is 14.3 Å². The van der Waals surface area contributed by atoms with Crippen molar-refractivity contribution in [2.75, 3.05) is 13.2 Å². The predicted octanol–water partition coefficient (Wildman–Crippen LogP) is 1.87. The van der Waals surface area contributed by atoms with Gasteiger partial charge in [0.2, 0.25) is 0 Å². The molecule has 1 aromatic rings. The van der Waals surface area contributed by atoms with Crippen molar-refractivity contribution in [1.82, 2.24) is 5.32 Å². The van der Waals surface area contributed by atoms with Crippen LogP contribution in [0.15, 0.2) is 24.3 Å². The summed E-state index contributed by atoms with van der Waals surface area (Å²) in [6, 6.07) is 5.57. The minimum atomic E-state index is -0.332. The molecule has 0 saturated heterocycles. The highest BCUT2D eigenvalue weighted by atomic mass is 19.1. The molecule has 1 amide bonds. The summed E-state index contributed by atoms with van der Waals surface area (Å²) in [5, 5.41) is 12.2. The standard InChI is InChI=1S/C15H20FNO3/c16-12-3-7-14(8-4-12)20-10-15(19)17-9-11-1-5-13(18)6-2-11/h3-4,7-8,11,13,18H,1-2,5-6,9-10H2,(H,17,19). The molecule has 0 unspecified atom stereocenters. The summed E-state index contributed by atoms with van der Waals surface area (Å²) in [7, 11) is 0. The molecule has 0 heterocycles. The van der Waals surface area contributed by atoms with E-state index in [0.29, 0.717) is 18.2 Å². The molecule has 0 aromatic heterocycles. The number of hydrogen-bond donors (Lipinski definition) is 2. The van der Waals surface area contributed by atoms with Gasteiger partial charge in [-0.05, 0) is 55.9 Å². The quantitative estimate of drug-likeness (QED) is 0.866. The number of halogens is 1. The van der Waals surface area contributed by atoms with Crippen LogP contribution < -0.4 is 10.1 Å². The lowest BCUT2D eigenvalue weighted by molar-refractivity contribution is -0.123. The first-order chi connectivity index (χ1) is 9.63. The number of hydrogen-bond acceptors (Lipinski definition) is 3. The van der Waals surface area contributed by atoms with Gasteiger partial charge in [-0.2, -0.15) is 0 Å². The zero-order valence-corrected chi connectivity index (χ0v) is 11.3. The summed E-state index contributed by atoms with van der Waals surface area (Å²) in [5.41, 5.74) is 0. The fraction of sp³-hybridized carbons (Fsp3) is 0.533. The highest BCUT2D eigenvalue weighted by Crippen LogP contribution is 2.23. The zero-order chi connectivity index (χ0) is 14.4. The van der Waals surface area contributed by atoms with Gasteiger partial charge in [0, 0.05) is 6.54 Å². The molecular weight excluding hydrogens is 261 g/mol. The number of carbonyl (C=O) groups is 1. The Bertz CT molecular complexity index is 427.